The Balaban J connectivity index is 1.69. The summed E-state index contributed by atoms with van der Waals surface area (Å²) in [5, 5.41) is 11.1. The summed E-state index contributed by atoms with van der Waals surface area (Å²) >= 11 is 0. The molecule has 18 heavy (non-hydrogen) atoms. The second-order valence-corrected chi connectivity index (χ2v) is 4.36. The number of hydrogen-bond acceptors (Lipinski definition) is 7. The Labute approximate surface area is 104 Å². The van der Waals surface area contributed by atoms with Gasteiger partial charge in [0.2, 0.25) is 0 Å². The van der Waals surface area contributed by atoms with Gasteiger partial charge in [-0.05, 0) is 6.92 Å². The maximum absolute atomic E-state index is 5.18. The van der Waals surface area contributed by atoms with Crippen LogP contribution in [0.3, 0.4) is 0 Å². The van der Waals surface area contributed by atoms with Crippen molar-refractivity contribution < 1.29 is 9.05 Å². The molecule has 1 saturated heterocycles. The summed E-state index contributed by atoms with van der Waals surface area (Å²) in [6, 6.07) is 1.78. The molecule has 1 aliphatic rings. The fourth-order valence-electron chi connectivity index (χ4n) is 1.96. The molecule has 0 aromatic carbocycles. The van der Waals surface area contributed by atoms with Crippen LogP contribution in [0, 0.1) is 6.92 Å². The van der Waals surface area contributed by atoms with Crippen LogP contribution < -0.4 is 5.32 Å². The van der Waals surface area contributed by atoms with Crippen molar-refractivity contribution in [2.24, 2.45) is 0 Å². The van der Waals surface area contributed by atoms with Crippen LogP contribution in [-0.4, -0.2) is 46.4 Å². The van der Waals surface area contributed by atoms with Crippen LogP contribution in [0.5, 0.6) is 0 Å². The first kappa shape index (κ1) is 11.4. The lowest BCUT2D eigenvalue weighted by atomic mass is 10.3. The normalized spacial score (nSPS) is 17.2. The van der Waals surface area contributed by atoms with Gasteiger partial charge < -0.3 is 14.4 Å². The first-order chi connectivity index (χ1) is 8.81. The Morgan fingerprint density at radius 3 is 2.83 bits per heavy atom. The highest BCUT2D eigenvalue weighted by Crippen LogP contribution is 2.16. The number of rotatable bonds is 3. The van der Waals surface area contributed by atoms with Gasteiger partial charge in [-0.1, -0.05) is 10.3 Å². The van der Waals surface area contributed by atoms with Crippen LogP contribution in [0.1, 0.15) is 11.6 Å². The lowest BCUT2D eigenvalue weighted by molar-refractivity contribution is 0.225. The zero-order valence-electron chi connectivity index (χ0n) is 10.2. The van der Waals surface area contributed by atoms with E-state index in [9.17, 15) is 0 Å². The van der Waals surface area contributed by atoms with Gasteiger partial charge in [0.05, 0.1) is 6.54 Å². The molecule has 0 aliphatic carbocycles. The molecule has 0 bridgehead atoms. The lowest BCUT2D eigenvalue weighted by Gasteiger charge is -2.25. The predicted molar refractivity (Wildman–Crippen MR) is 62.7 cm³/mol. The van der Waals surface area contributed by atoms with Crippen molar-refractivity contribution in [3.8, 4) is 11.6 Å². The monoisotopic (exact) mass is 249 g/mol. The van der Waals surface area contributed by atoms with Crippen molar-refractivity contribution in [2.75, 3.05) is 26.2 Å². The predicted octanol–water partition coefficient (Wildman–Crippen LogP) is 0.438. The first-order valence-electron chi connectivity index (χ1n) is 6.00. The van der Waals surface area contributed by atoms with E-state index in [0.717, 1.165) is 31.9 Å². The van der Waals surface area contributed by atoms with Crippen molar-refractivity contribution in [3.05, 3.63) is 17.7 Å². The molecule has 0 unspecified atom stereocenters. The highest BCUT2D eigenvalue weighted by molar-refractivity contribution is 5.45. The van der Waals surface area contributed by atoms with Gasteiger partial charge in [-0.25, -0.2) is 0 Å². The van der Waals surface area contributed by atoms with Crippen molar-refractivity contribution in [1.29, 1.82) is 0 Å². The Kier molecular flexibility index (Phi) is 3.07. The highest BCUT2D eigenvalue weighted by Gasteiger charge is 2.16. The molecule has 7 heteroatoms. The van der Waals surface area contributed by atoms with Crippen LogP contribution in [0.15, 0.2) is 15.1 Å². The summed E-state index contributed by atoms with van der Waals surface area (Å²) < 4.78 is 10.2. The smallest absolute Gasteiger partial charge is 0.280 e. The number of aromatic nitrogens is 3. The summed E-state index contributed by atoms with van der Waals surface area (Å²) in [4.78, 5) is 6.62. The molecule has 0 spiro atoms. The maximum Gasteiger partial charge on any atom is 0.280 e. The van der Waals surface area contributed by atoms with Crippen LogP contribution in [0.4, 0.5) is 0 Å². The minimum Gasteiger partial charge on any atom is -0.361 e. The zero-order valence-corrected chi connectivity index (χ0v) is 10.2. The summed E-state index contributed by atoms with van der Waals surface area (Å²) in [6.07, 6.45) is 0. The second-order valence-electron chi connectivity index (χ2n) is 4.36. The summed E-state index contributed by atoms with van der Waals surface area (Å²) in [5.41, 5.74) is 0.589. The molecule has 1 aliphatic heterocycles. The van der Waals surface area contributed by atoms with E-state index in [1.807, 2.05) is 6.92 Å². The summed E-state index contributed by atoms with van der Waals surface area (Å²) in [6.45, 7) is 6.57. The Morgan fingerprint density at radius 2 is 2.11 bits per heavy atom. The van der Waals surface area contributed by atoms with Gasteiger partial charge >= 0.3 is 0 Å². The first-order valence-corrected chi connectivity index (χ1v) is 6.00. The van der Waals surface area contributed by atoms with Gasteiger partial charge in [0, 0.05) is 32.2 Å². The van der Waals surface area contributed by atoms with Crippen LogP contribution in [0.25, 0.3) is 11.6 Å². The molecule has 96 valence electrons. The average Bonchev–Trinajstić information content (AvgIpc) is 2.99. The molecule has 0 radical (unpaired) electrons. The molecule has 3 heterocycles. The molecular weight excluding hydrogens is 234 g/mol. The molecule has 7 nitrogen and oxygen atoms in total. The van der Waals surface area contributed by atoms with Gasteiger partial charge in [-0.15, -0.1) is 0 Å². The Morgan fingerprint density at radius 1 is 1.28 bits per heavy atom. The van der Waals surface area contributed by atoms with Crippen molar-refractivity contribution in [2.45, 2.75) is 13.5 Å². The number of nitrogens with zero attached hydrogens (tertiary/aromatic N) is 4. The number of nitrogens with one attached hydrogen (secondary N) is 1. The van der Waals surface area contributed by atoms with Crippen molar-refractivity contribution in [1.82, 2.24) is 25.5 Å². The Bertz CT molecular complexity index is 515. The van der Waals surface area contributed by atoms with Gasteiger partial charge in [0.15, 0.2) is 11.5 Å². The van der Waals surface area contributed by atoms with Gasteiger partial charge in [-0.2, -0.15) is 4.98 Å². The number of aryl methyl sites for hydroxylation is 1. The fourth-order valence-corrected chi connectivity index (χ4v) is 1.96. The highest BCUT2D eigenvalue weighted by atomic mass is 16.5. The van der Waals surface area contributed by atoms with E-state index in [1.165, 1.54) is 0 Å². The average molecular weight is 249 g/mol. The van der Waals surface area contributed by atoms with Crippen LogP contribution in [-0.2, 0) is 6.54 Å². The second kappa shape index (κ2) is 4.87. The van der Waals surface area contributed by atoms with Crippen molar-refractivity contribution in [3.63, 3.8) is 0 Å². The zero-order chi connectivity index (χ0) is 12.4. The van der Waals surface area contributed by atoms with Crippen LogP contribution >= 0.6 is 0 Å². The molecule has 0 amide bonds. The van der Waals surface area contributed by atoms with E-state index < -0.39 is 0 Å². The van der Waals surface area contributed by atoms with E-state index >= 15 is 0 Å². The summed E-state index contributed by atoms with van der Waals surface area (Å²) in [5.74, 6) is 1.83. The minimum atomic E-state index is 0.414. The SMILES string of the molecule is Cc1cc(-c2nc(CN3CCNCC3)no2)no1. The molecule has 1 fully saturated rings. The molecule has 0 atom stereocenters. The van der Waals surface area contributed by atoms with Gasteiger partial charge in [-0.3, -0.25) is 4.90 Å². The number of hydrogen-bond donors (Lipinski definition) is 1. The topological polar surface area (TPSA) is 80.2 Å². The quantitative estimate of drug-likeness (QED) is 0.845. The standard InChI is InChI=1S/C11H15N5O2/c1-8-6-9(14-17-8)11-13-10(15-18-11)7-16-4-2-12-3-5-16/h6,12H,2-5,7H2,1H3. The van der Waals surface area contributed by atoms with E-state index in [-0.39, 0.29) is 0 Å². The van der Waals surface area contributed by atoms with E-state index in [2.05, 4.69) is 25.5 Å². The van der Waals surface area contributed by atoms with E-state index in [1.54, 1.807) is 6.07 Å². The third-order valence-electron chi connectivity index (χ3n) is 2.89. The molecular formula is C11H15N5O2. The minimum absolute atomic E-state index is 0.414. The number of piperazine rings is 1. The van der Waals surface area contributed by atoms with Crippen LogP contribution in [0.2, 0.25) is 0 Å². The van der Waals surface area contributed by atoms with Gasteiger partial charge in [0.25, 0.3) is 5.89 Å². The molecule has 0 saturated carbocycles. The summed E-state index contributed by atoms with van der Waals surface area (Å²) in [7, 11) is 0. The molecule has 2 aromatic rings. The molecule has 1 N–H and O–H groups in total. The Hall–Kier alpha value is -1.73. The van der Waals surface area contributed by atoms with E-state index in [4.69, 9.17) is 9.05 Å². The third kappa shape index (κ3) is 2.41. The third-order valence-corrected chi connectivity index (χ3v) is 2.89. The van der Waals surface area contributed by atoms with Gasteiger partial charge in [0.1, 0.15) is 5.76 Å². The molecule has 3 rings (SSSR count). The maximum atomic E-state index is 5.18. The fraction of sp³-hybridized carbons (Fsp3) is 0.545. The van der Waals surface area contributed by atoms with Crippen molar-refractivity contribution >= 4 is 0 Å². The molecule has 2 aromatic heterocycles. The largest absolute Gasteiger partial charge is 0.361 e. The lowest BCUT2D eigenvalue weighted by Crippen LogP contribution is -2.43. The van der Waals surface area contributed by atoms with E-state index in [0.29, 0.717) is 24.0 Å².